The van der Waals surface area contributed by atoms with Crippen molar-refractivity contribution in [3.05, 3.63) is 36.4 Å². The van der Waals surface area contributed by atoms with Crippen LogP contribution in [0.3, 0.4) is 0 Å². The topological polar surface area (TPSA) is 123 Å². The molecule has 0 saturated heterocycles. The summed E-state index contributed by atoms with van der Waals surface area (Å²) in [5.74, 6) is -1.61. The van der Waals surface area contributed by atoms with Crippen molar-refractivity contribution in [1.82, 2.24) is 4.72 Å². The molecule has 0 amide bonds. The maximum absolute atomic E-state index is 12.6. The van der Waals surface area contributed by atoms with E-state index in [1.807, 2.05) is 0 Å². The van der Waals surface area contributed by atoms with Crippen LogP contribution in [0, 0.1) is 5.92 Å². The monoisotopic (exact) mass is 362 g/mol. The van der Waals surface area contributed by atoms with Crippen molar-refractivity contribution in [3.63, 3.8) is 0 Å². The van der Waals surface area contributed by atoms with Gasteiger partial charge in [-0.2, -0.15) is 4.72 Å². The predicted octanol–water partition coefficient (Wildman–Crippen LogP) is 2.56. The molecule has 0 fully saturated rings. The Morgan fingerprint density at radius 2 is 1.84 bits per heavy atom. The van der Waals surface area contributed by atoms with Crippen molar-refractivity contribution in [2.24, 2.45) is 5.92 Å². The van der Waals surface area contributed by atoms with Crippen molar-refractivity contribution in [3.8, 4) is 0 Å². The minimum absolute atomic E-state index is 0.0218. The van der Waals surface area contributed by atoms with E-state index in [1.54, 1.807) is 38.1 Å². The van der Waals surface area contributed by atoms with Gasteiger partial charge in [0.2, 0.25) is 10.0 Å². The number of fused-ring (bicyclic) bond motifs is 3. The van der Waals surface area contributed by atoms with E-state index in [4.69, 9.17) is 10.2 Å². The highest BCUT2D eigenvalue weighted by atomic mass is 32.2. The van der Waals surface area contributed by atoms with Crippen LogP contribution in [0.4, 0.5) is 5.69 Å². The second kappa shape index (κ2) is 6.05. The molecule has 4 N–H and O–H groups in total. The number of hydrogen-bond acceptors (Lipinski definition) is 5. The first kappa shape index (κ1) is 17.2. The summed E-state index contributed by atoms with van der Waals surface area (Å²) in [6.07, 6.45) is 0. The molecule has 1 atom stereocenters. The molecule has 0 aliphatic carbocycles. The number of aliphatic carboxylic acids is 1. The minimum atomic E-state index is -3.99. The van der Waals surface area contributed by atoms with Gasteiger partial charge in [-0.05, 0) is 36.2 Å². The number of nitrogens with one attached hydrogen (secondary N) is 1. The number of carboxylic acids is 1. The van der Waals surface area contributed by atoms with E-state index in [9.17, 15) is 18.3 Å². The van der Waals surface area contributed by atoms with Gasteiger partial charge >= 0.3 is 5.97 Å². The molecule has 0 bridgehead atoms. The summed E-state index contributed by atoms with van der Waals surface area (Å²) in [5, 5.41) is 10.6. The van der Waals surface area contributed by atoms with E-state index >= 15 is 0 Å². The Labute approximate surface area is 144 Å². The Balaban J connectivity index is 2.08. The average Bonchev–Trinajstić information content (AvgIpc) is 2.88. The van der Waals surface area contributed by atoms with Gasteiger partial charge in [-0.25, -0.2) is 8.42 Å². The van der Waals surface area contributed by atoms with Crippen LogP contribution in [0.5, 0.6) is 0 Å². The molecular formula is C17H18N2O5S. The van der Waals surface area contributed by atoms with Gasteiger partial charge in [-0.3, -0.25) is 4.79 Å². The highest BCUT2D eigenvalue weighted by molar-refractivity contribution is 7.89. The first-order chi connectivity index (χ1) is 11.7. The summed E-state index contributed by atoms with van der Waals surface area (Å²) in [4.78, 5) is 11.3. The van der Waals surface area contributed by atoms with E-state index < -0.39 is 28.0 Å². The summed E-state index contributed by atoms with van der Waals surface area (Å²) >= 11 is 0. The highest BCUT2D eigenvalue weighted by Crippen LogP contribution is 2.31. The number of nitrogen functional groups attached to an aromatic ring is 1. The number of furan rings is 1. The molecule has 25 heavy (non-hydrogen) atoms. The normalized spacial score (nSPS) is 13.6. The Morgan fingerprint density at radius 1 is 1.12 bits per heavy atom. The molecule has 0 unspecified atom stereocenters. The van der Waals surface area contributed by atoms with Crippen molar-refractivity contribution in [2.75, 3.05) is 5.73 Å². The number of sulfonamides is 1. The smallest absolute Gasteiger partial charge is 0.322 e. The van der Waals surface area contributed by atoms with Crippen LogP contribution in [-0.2, 0) is 14.8 Å². The fourth-order valence-corrected chi connectivity index (χ4v) is 4.01. The van der Waals surface area contributed by atoms with Crippen LogP contribution in [0.1, 0.15) is 13.8 Å². The third kappa shape index (κ3) is 3.18. The van der Waals surface area contributed by atoms with Crippen molar-refractivity contribution < 1.29 is 22.7 Å². The third-order valence-corrected chi connectivity index (χ3v) is 5.43. The molecule has 0 aliphatic heterocycles. The van der Waals surface area contributed by atoms with Crippen LogP contribution in [0.2, 0.25) is 0 Å². The number of carbonyl (C=O) groups is 1. The van der Waals surface area contributed by atoms with Crippen LogP contribution in [0.15, 0.2) is 45.7 Å². The average molecular weight is 362 g/mol. The Bertz CT molecular complexity index is 1070. The van der Waals surface area contributed by atoms with Crippen molar-refractivity contribution in [2.45, 2.75) is 24.8 Å². The quantitative estimate of drug-likeness (QED) is 0.600. The summed E-state index contributed by atoms with van der Waals surface area (Å²) in [6, 6.07) is 8.33. The molecule has 0 radical (unpaired) electrons. The zero-order chi connectivity index (χ0) is 18.4. The molecule has 0 aliphatic rings. The minimum Gasteiger partial charge on any atom is -0.480 e. The largest absolute Gasteiger partial charge is 0.480 e. The van der Waals surface area contributed by atoms with Gasteiger partial charge in [-0.1, -0.05) is 13.8 Å². The van der Waals surface area contributed by atoms with Crippen molar-refractivity contribution >= 4 is 43.6 Å². The van der Waals surface area contributed by atoms with Crippen LogP contribution in [-0.4, -0.2) is 25.5 Å². The number of benzene rings is 2. The number of carboxylic acid groups (broad SMARTS) is 1. The van der Waals surface area contributed by atoms with Gasteiger partial charge in [0.25, 0.3) is 0 Å². The van der Waals surface area contributed by atoms with E-state index in [2.05, 4.69) is 4.72 Å². The van der Waals surface area contributed by atoms with Gasteiger partial charge in [0.05, 0.1) is 4.90 Å². The lowest BCUT2D eigenvalue weighted by molar-refractivity contribution is -0.140. The number of nitrogens with two attached hydrogens (primary N) is 1. The third-order valence-electron chi connectivity index (χ3n) is 3.99. The molecule has 2 aromatic carbocycles. The predicted molar refractivity (Wildman–Crippen MR) is 94.7 cm³/mol. The lowest BCUT2D eigenvalue weighted by Crippen LogP contribution is -2.44. The van der Waals surface area contributed by atoms with Crippen LogP contribution >= 0.6 is 0 Å². The molecule has 3 aromatic rings. The standard InChI is InChI=1S/C17H18N2O5S/c1-9(2)16(17(20)21)19-25(22,23)11-4-6-14-13(8-11)12-5-3-10(18)7-15(12)24-14/h3-9,16,19H,18H2,1-2H3,(H,20,21)/t16-/m0/s1. The van der Waals surface area contributed by atoms with Crippen LogP contribution in [0.25, 0.3) is 21.9 Å². The molecule has 0 saturated carbocycles. The molecule has 1 heterocycles. The van der Waals surface area contributed by atoms with Gasteiger partial charge in [0, 0.05) is 22.5 Å². The number of anilines is 1. The lowest BCUT2D eigenvalue weighted by Gasteiger charge is -2.17. The van der Waals surface area contributed by atoms with Gasteiger partial charge in [-0.15, -0.1) is 0 Å². The molecule has 1 aromatic heterocycles. The van der Waals surface area contributed by atoms with Gasteiger partial charge in [0.15, 0.2) is 0 Å². The Kier molecular flexibility index (Phi) is 4.18. The molecule has 3 rings (SSSR count). The summed E-state index contributed by atoms with van der Waals surface area (Å²) in [6.45, 7) is 3.27. The first-order valence-corrected chi connectivity index (χ1v) is 9.14. The SMILES string of the molecule is CC(C)[C@H](NS(=O)(=O)c1ccc2oc3cc(N)ccc3c2c1)C(=O)O. The number of rotatable bonds is 5. The zero-order valence-corrected chi connectivity index (χ0v) is 14.5. The van der Waals surface area contributed by atoms with E-state index in [0.717, 1.165) is 5.39 Å². The summed E-state index contributed by atoms with van der Waals surface area (Å²) in [5.41, 5.74) is 7.36. The second-order valence-electron chi connectivity index (χ2n) is 6.20. The van der Waals surface area contributed by atoms with E-state index in [1.165, 1.54) is 12.1 Å². The maximum Gasteiger partial charge on any atom is 0.322 e. The zero-order valence-electron chi connectivity index (χ0n) is 13.7. The lowest BCUT2D eigenvalue weighted by atomic mass is 10.1. The summed E-state index contributed by atoms with van der Waals surface area (Å²) < 4.78 is 33.1. The van der Waals surface area contributed by atoms with Gasteiger partial charge in [0.1, 0.15) is 17.2 Å². The molecule has 8 heteroatoms. The van der Waals surface area contributed by atoms with E-state index in [-0.39, 0.29) is 4.90 Å². The Morgan fingerprint density at radius 3 is 2.48 bits per heavy atom. The second-order valence-corrected chi connectivity index (χ2v) is 7.91. The fourth-order valence-electron chi connectivity index (χ4n) is 2.65. The molecule has 132 valence electrons. The Hall–Kier alpha value is -2.58. The van der Waals surface area contributed by atoms with Crippen molar-refractivity contribution in [1.29, 1.82) is 0 Å². The van der Waals surface area contributed by atoms with Crippen LogP contribution < -0.4 is 10.5 Å². The molecule has 7 nitrogen and oxygen atoms in total. The number of hydrogen-bond donors (Lipinski definition) is 3. The molecule has 0 spiro atoms. The highest BCUT2D eigenvalue weighted by Gasteiger charge is 2.28. The fraction of sp³-hybridized carbons (Fsp3) is 0.235. The summed E-state index contributed by atoms with van der Waals surface area (Å²) in [7, 11) is -3.99. The maximum atomic E-state index is 12.6. The van der Waals surface area contributed by atoms with Gasteiger partial charge < -0.3 is 15.3 Å². The molecular weight excluding hydrogens is 344 g/mol. The van der Waals surface area contributed by atoms with E-state index in [0.29, 0.717) is 22.2 Å². The first-order valence-electron chi connectivity index (χ1n) is 7.66.